The van der Waals surface area contributed by atoms with Crippen molar-refractivity contribution in [3.05, 3.63) is 69.4 Å². The van der Waals surface area contributed by atoms with E-state index in [1.165, 1.54) is 25.6 Å². The maximum absolute atomic E-state index is 2.37. The van der Waals surface area contributed by atoms with Crippen LogP contribution in [0.3, 0.4) is 0 Å². The number of rotatable bonds is 2. The molecule has 0 saturated heterocycles. The lowest BCUT2D eigenvalue weighted by Gasteiger charge is -2.31. The fraction of sp³-hybridized carbons (Fsp3) is 0.300. The highest BCUT2D eigenvalue weighted by Crippen LogP contribution is 2.43. The van der Waals surface area contributed by atoms with E-state index in [0.717, 1.165) is 0 Å². The third kappa shape index (κ3) is 2.81. The van der Waals surface area contributed by atoms with E-state index in [2.05, 4.69) is 110 Å². The number of hydrogen-bond donors (Lipinski definition) is 0. The monoisotopic (exact) mass is 403 g/mol. The molecule has 0 aliphatic heterocycles. The van der Waals surface area contributed by atoms with E-state index in [9.17, 15) is 0 Å². The summed E-state index contributed by atoms with van der Waals surface area (Å²) in [6.45, 7) is 6.99. The van der Waals surface area contributed by atoms with Gasteiger partial charge in [-0.2, -0.15) is 0 Å². The summed E-state index contributed by atoms with van der Waals surface area (Å²) in [6, 6.07) is 17.7. The number of aryl methyl sites for hydroxylation is 1. The van der Waals surface area contributed by atoms with Gasteiger partial charge in [0.2, 0.25) is 0 Å². The van der Waals surface area contributed by atoms with E-state index in [1.54, 1.807) is 0 Å². The Morgan fingerprint density at radius 1 is 0.955 bits per heavy atom. The number of para-hydroxylation sites is 1. The van der Waals surface area contributed by atoms with Gasteiger partial charge in [-0.05, 0) is 57.3 Å². The molecule has 0 spiro atoms. The molecule has 0 radical (unpaired) electrons. The smallest absolute Gasteiger partial charge is 0.0480 e. The van der Waals surface area contributed by atoms with E-state index >= 15 is 0 Å². The molecule has 1 atom stereocenters. The van der Waals surface area contributed by atoms with Crippen molar-refractivity contribution in [3.8, 4) is 0 Å². The van der Waals surface area contributed by atoms with Gasteiger partial charge in [-0.15, -0.1) is 0 Å². The molecule has 1 heterocycles. The van der Waals surface area contributed by atoms with Crippen LogP contribution in [0, 0.1) is 8.99 Å². The number of nitrogens with zero attached hydrogens (tertiary/aromatic N) is 1. The van der Waals surface area contributed by atoms with Crippen molar-refractivity contribution in [1.82, 2.24) is 4.57 Å². The van der Waals surface area contributed by atoms with Crippen molar-refractivity contribution in [1.29, 1.82) is 0 Å². The van der Waals surface area contributed by atoms with Crippen LogP contribution in [0.1, 0.15) is 37.8 Å². The van der Waals surface area contributed by atoms with Crippen LogP contribution in [-0.4, -0.2) is 4.57 Å². The largest absolute Gasteiger partial charge is 0.350 e. The van der Waals surface area contributed by atoms with Crippen LogP contribution in [0.25, 0.3) is 10.9 Å². The zero-order valence-electron chi connectivity index (χ0n) is 13.6. The van der Waals surface area contributed by atoms with Gasteiger partial charge >= 0.3 is 0 Å². The molecule has 0 aliphatic carbocycles. The van der Waals surface area contributed by atoms with Crippen molar-refractivity contribution >= 4 is 33.5 Å². The first-order valence-electron chi connectivity index (χ1n) is 7.67. The highest BCUT2D eigenvalue weighted by molar-refractivity contribution is 14.1. The summed E-state index contributed by atoms with van der Waals surface area (Å²) >= 11 is 2.37. The third-order valence-electron chi connectivity index (χ3n) is 4.31. The molecule has 1 unspecified atom stereocenters. The lowest BCUT2D eigenvalue weighted by molar-refractivity contribution is 0.360. The van der Waals surface area contributed by atoms with Gasteiger partial charge in [0.05, 0.1) is 0 Å². The molecule has 1 aromatic heterocycles. The predicted molar refractivity (Wildman–Crippen MR) is 103 cm³/mol. The molecule has 3 rings (SSSR count). The first-order chi connectivity index (χ1) is 10.4. The Morgan fingerprint density at radius 3 is 2.23 bits per heavy atom. The van der Waals surface area contributed by atoms with Crippen LogP contribution in [-0.2, 0) is 7.05 Å². The van der Waals surface area contributed by atoms with Gasteiger partial charge < -0.3 is 4.57 Å². The highest BCUT2D eigenvalue weighted by atomic mass is 127. The van der Waals surface area contributed by atoms with Gasteiger partial charge in [0.25, 0.3) is 0 Å². The van der Waals surface area contributed by atoms with Crippen molar-refractivity contribution < 1.29 is 0 Å². The molecular weight excluding hydrogens is 381 g/mol. The quantitative estimate of drug-likeness (QED) is 0.466. The molecule has 2 heteroatoms. The minimum absolute atomic E-state index is 0.164. The summed E-state index contributed by atoms with van der Waals surface area (Å²) in [6.07, 6.45) is 2.30. The summed E-state index contributed by atoms with van der Waals surface area (Å²) in [5.41, 5.74) is 4.28. The topological polar surface area (TPSA) is 4.93 Å². The summed E-state index contributed by atoms with van der Waals surface area (Å²) in [5, 5.41) is 1.36. The molecule has 114 valence electrons. The number of hydrogen-bond acceptors (Lipinski definition) is 0. The number of halogens is 1. The van der Waals surface area contributed by atoms with E-state index < -0.39 is 0 Å². The molecule has 2 aromatic carbocycles. The van der Waals surface area contributed by atoms with E-state index in [4.69, 9.17) is 0 Å². The Balaban J connectivity index is 2.23. The van der Waals surface area contributed by atoms with E-state index in [1.807, 2.05) is 0 Å². The Kier molecular flexibility index (Phi) is 4.06. The Morgan fingerprint density at radius 2 is 1.59 bits per heavy atom. The minimum atomic E-state index is 0.164. The Labute approximate surface area is 146 Å². The molecule has 0 N–H and O–H groups in total. The summed E-state index contributed by atoms with van der Waals surface area (Å²) < 4.78 is 3.53. The first-order valence-corrected chi connectivity index (χ1v) is 8.75. The molecule has 0 aliphatic rings. The van der Waals surface area contributed by atoms with Crippen molar-refractivity contribution in [2.24, 2.45) is 12.5 Å². The van der Waals surface area contributed by atoms with E-state index in [0.29, 0.717) is 5.92 Å². The van der Waals surface area contributed by atoms with Crippen LogP contribution in [0.15, 0.2) is 54.7 Å². The summed E-state index contributed by atoms with van der Waals surface area (Å²) in [7, 11) is 2.14. The van der Waals surface area contributed by atoms with Crippen LogP contribution in [0.5, 0.6) is 0 Å². The fourth-order valence-electron chi connectivity index (χ4n) is 3.40. The standard InChI is InChI=1S/C20H22IN/c1-20(2,3)19(14-9-11-15(21)12-10-14)17-13-22(4)18-8-6-5-7-16(17)18/h5-13,19H,1-4H3. The first kappa shape index (κ1) is 15.6. The normalized spacial score (nSPS) is 13.5. The molecular formula is C20H22IN. The van der Waals surface area contributed by atoms with Crippen LogP contribution < -0.4 is 0 Å². The van der Waals surface area contributed by atoms with Crippen LogP contribution in [0.4, 0.5) is 0 Å². The molecule has 0 amide bonds. The van der Waals surface area contributed by atoms with Crippen LogP contribution >= 0.6 is 22.6 Å². The van der Waals surface area contributed by atoms with Crippen molar-refractivity contribution in [2.45, 2.75) is 26.7 Å². The van der Waals surface area contributed by atoms with Gasteiger partial charge in [-0.1, -0.05) is 51.1 Å². The van der Waals surface area contributed by atoms with Gasteiger partial charge in [0, 0.05) is 33.6 Å². The fourth-order valence-corrected chi connectivity index (χ4v) is 3.76. The van der Waals surface area contributed by atoms with Gasteiger partial charge in [-0.3, -0.25) is 0 Å². The van der Waals surface area contributed by atoms with Gasteiger partial charge in [0.1, 0.15) is 0 Å². The Bertz CT molecular complexity index is 791. The lowest BCUT2D eigenvalue weighted by atomic mass is 9.72. The average molecular weight is 403 g/mol. The maximum Gasteiger partial charge on any atom is 0.0480 e. The summed E-state index contributed by atoms with van der Waals surface area (Å²) in [5.74, 6) is 0.385. The molecule has 0 saturated carbocycles. The number of benzene rings is 2. The second kappa shape index (κ2) is 5.73. The summed E-state index contributed by atoms with van der Waals surface area (Å²) in [4.78, 5) is 0. The second-order valence-corrected chi connectivity index (χ2v) is 8.31. The number of aromatic nitrogens is 1. The van der Waals surface area contributed by atoms with Crippen LogP contribution in [0.2, 0.25) is 0 Å². The van der Waals surface area contributed by atoms with Gasteiger partial charge in [-0.25, -0.2) is 0 Å². The lowest BCUT2D eigenvalue weighted by Crippen LogP contribution is -2.19. The molecule has 0 fully saturated rings. The molecule has 1 nitrogen and oxygen atoms in total. The zero-order chi connectivity index (χ0) is 15.9. The van der Waals surface area contributed by atoms with Gasteiger partial charge in [0.15, 0.2) is 0 Å². The van der Waals surface area contributed by atoms with E-state index in [-0.39, 0.29) is 5.41 Å². The van der Waals surface area contributed by atoms with Crippen molar-refractivity contribution in [2.75, 3.05) is 0 Å². The highest BCUT2D eigenvalue weighted by Gasteiger charge is 2.30. The SMILES string of the molecule is Cn1cc(C(c2ccc(I)cc2)C(C)(C)C)c2ccccc21. The predicted octanol–water partition coefficient (Wildman–Crippen LogP) is 5.96. The minimum Gasteiger partial charge on any atom is -0.350 e. The average Bonchev–Trinajstić information content (AvgIpc) is 2.78. The van der Waals surface area contributed by atoms with Crippen molar-refractivity contribution in [3.63, 3.8) is 0 Å². The molecule has 0 bridgehead atoms. The molecule has 22 heavy (non-hydrogen) atoms. The Hall–Kier alpha value is -1.29. The zero-order valence-corrected chi connectivity index (χ0v) is 15.8. The maximum atomic E-state index is 2.37. The number of fused-ring (bicyclic) bond motifs is 1. The second-order valence-electron chi connectivity index (χ2n) is 7.06. The molecule has 3 aromatic rings. The third-order valence-corrected chi connectivity index (χ3v) is 5.03.